The van der Waals surface area contributed by atoms with Crippen LogP contribution in [0.4, 0.5) is 0 Å². The summed E-state index contributed by atoms with van der Waals surface area (Å²) in [5.74, 6) is 0. The average molecular weight is 285 g/mol. The summed E-state index contributed by atoms with van der Waals surface area (Å²) in [6, 6.07) is 6.33. The first kappa shape index (κ1) is 14.5. The summed E-state index contributed by atoms with van der Waals surface area (Å²) >= 11 is 0. The van der Waals surface area contributed by atoms with E-state index in [4.69, 9.17) is 4.74 Å². The lowest BCUT2D eigenvalue weighted by atomic mass is 10.1. The fraction of sp³-hybridized carbons (Fsp3) is 0.538. The minimum atomic E-state index is -3.54. The summed E-state index contributed by atoms with van der Waals surface area (Å²) in [5, 5.41) is 9.48. The maximum atomic E-state index is 12.1. The largest absolute Gasteiger partial charge is 0.389 e. The summed E-state index contributed by atoms with van der Waals surface area (Å²) < 4.78 is 32.2. The molecule has 19 heavy (non-hydrogen) atoms. The van der Waals surface area contributed by atoms with E-state index >= 15 is 0 Å². The van der Waals surface area contributed by atoms with Gasteiger partial charge in [0.2, 0.25) is 10.0 Å². The van der Waals surface area contributed by atoms with Crippen molar-refractivity contribution in [1.82, 2.24) is 4.72 Å². The molecule has 1 saturated heterocycles. The molecule has 1 heterocycles. The van der Waals surface area contributed by atoms with Gasteiger partial charge < -0.3 is 9.84 Å². The van der Waals surface area contributed by atoms with Crippen molar-refractivity contribution in [3.8, 4) is 0 Å². The molecule has 1 aromatic carbocycles. The Morgan fingerprint density at radius 2 is 2.32 bits per heavy atom. The maximum Gasteiger partial charge on any atom is 0.240 e. The second-order valence-corrected chi connectivity index (χ2v) is 6.50. The molecule has 1 aliphatic heterocycles. The Labute approximate surface area is 113 Å². The van der Waals surface area contributed by atoms with Gasteiger partial charge in [-0.3, -0.25) is 0 Å². The van der Waals surface area contributed by atoms with Crippen molar-refractivity contribution < 1.29 is 18.3 Å². The second kappa shape index (κ2) is 6.00. The fourth-order valence-electron chi connectivity index (χ4n) is 2.03. The standard InChI is InChI=1S/C13H19NO4S/c1-10(15)11-4-2-6-13(8-11)19(16,17)14-9-12-5-3-7-18-12/h2,4,6,8,10,12,14-15H,3,5,7,9H2,1H3. The van der Waals surface area contributed by atoms with E-state index in [9.17, 15) is 13.5 Å². The van der Waals surface area contributed by atoms with E-state index in [2.05, 4.69) is 4.72 Å². The Hall–Kier alpha value is -0.950. The molecule has 1 aliphatic rings. The molecule has 2 atom stereocenters. The maximum absolute atomic E-state index is 12.1. The smallest absolute Gasteiger partial charge is 0.240 e. The molecule has 5 nitrogen and oxygen atoms in total. The zero-order chi connectivity index (χ0) is 13.9. The summed E-state index contributed by atoms with van der Waals surface area (Å²) in [7, 11) is -3.54. The van der Waals surface area contributed by atoms with Gasteiger partial charge in [-0.1, -0.05) is 12.1 Å². The molecule has 1 fully saturated rings. The third-order valence-electron chi connectivity index (χ3n) is 3.18. The highest BCUT2D eigenvalue weighted by molar-refractivity contribution is 7.89. The van der Waals surface area contributed by atoms with Crippen LogP contribution < -0.4 is 4.72 Å². The number of aliphatic hydroxyl groups excluding tert-OH is 1. The Morgan fingerprint density at radius 1 is 1.53 bits per heavy atom. The number of rotatable bonds is 5. The Morgan fingerprint density at radius 3 is 2.95 bits per heavy atom. The van der Waals surface area contributed by atoms with Crippen LogP contribution in [0.1, 0.15) is 31.4 Å². The second-order valence-electron chi connectivity index (χ2n) is 4.74. The highest BCUT2D eigenvalue weighted by atomic mass is 32.2. The summed E-state index contributed by atoms with van der Waals surface area (Å²) in [4.78, 5) is 0.170. The monoisotopic (exact) mass is 285 g/mol. The third-order valence-corrected chi connectivity index (χ3v) is 4.60. The lowest BCUT2D eigenvalue weighted by Crippen LogP contribution is -2.31. The number of ether oxygens (including phenoxy) is 1. The Kier molecular flexibility index (Phi) is 4.57. The van der Waals surface area contributed by atoms with Crippen LogP contribution in [0.5, 0.6) is 0 Å². The van der Waals surface area contributed by atoms with Crippen molar-refractivity contribution in [2.45, 2.75) is 36.9 Å². The van der Waals surface area contributed by atoms with E-state index in [0.29, 0.717) is 18.7 Å². The molecular weight excluding hydrogens is 266 g/mol. The van der Waals surface area contributed by atoms with Crippen molar-refractivity contribution in [3.63, 3.8) is 0 Å². The predicted octanol–water partition coefficient (Wildman–Crippen LogP) is 1.20. The zero-order valence-corrected chi connectivity index (χ0v) is 11.7. The minimum absolute atomic E-state index is 0.0327. The molecule has 0 aliphatic carbocycles. The van der Waals surface area contributed by atoms with E-state index in [0.717, 1.165) is 12.8 Å². The van der Waals surface area contributed by atoms with Crippen LogP contribution in [0.3, 0.4) is 0 Å². The van der Waals surface area contributed by atoms with Gasteiger partial charge >= 0.3 is 0 Å². The highest BCUT2D eigenvalue weighted by Gasteiger charge is 2.20. The van der Waals surface area contributed by atoms with Gasteiger partial charge in [0.25, 0.3) is 0 Å². The van der Waals surface area contributed by atoms with Crippen LogP contribution >= 0.6 is 0 Å². The topological polar surface area (TPSA) is 75.6 Å². The van der Waals surface area contributed by atoms with Gasteiger partial charge in [-0.2, -0.15) is 0 Å². The van der Waals surface area contributed by atoms with Gasteiger partial charge in [-0.05, 0) is 37.5 Å². The normalized spacial score (nSPS) is 21.5. The molecule has 2 N–H and O–H groups in total. The van der Waals surface area contributed by atoms with Crippen LogP contribution in [0.25, 0.3) is 0 Å². The third kappa shape index (κ3) is 3.76. The molecule has 1 aromatic rings. The van der Waals surface area contributed by atoms with Gasteiger partial charge in [-0.25, -0.2) is 13.1 Å². The number of aliphatic hydroxyl groups is 1. The Balaban J connectivity index is 2.07. The van der Waals surface area contributed by atoms with Gasteiger partial charge in [0.05, 0.1) is 17.1 Å². The van der Waals surface area contributed by atoms with Gasteiger partial charge in [0.1, 0.15) is 0 Å². The van der Waals surface area contributed by atoms with Crippen molar-refractivity contribution in [2.75, 3.05) is 13.2 Å². The summed E-state index contributed by atoms with van der Waals surface area (Å²) in [6.45, 7) is 2.59. The van der Waals surface area contributed by atoms with Gasteiger partial charge in [0, 0.05) is 13.2 Å². The van der Waals surface area contributed by atoms with Gasteiger partial charge in [-0.15, -0.1) is 0 Å². The quantitative estimate of drug-likeness (QED) is 0.852. The predicted molar refractivity (Wildman–Crippen MR) is 71.2 cm³/mol. The fourth-order valence-corrected chi connectivity index (χ4v) is 3.15. The number of hydrogen-bond acceptors (Lipinski definition) is 4. The lowest BCUT2D eigenvalue weighted by molar-refractivity contribution is 0.114. The first-order valence-corrected chi connectivity index (χ1v) is 7.86. The molecule has 0 amide bonds. The number of sulfonamides is 1. The van der Waals surface area contributed by atoms with E-state index < -0.39 is 16.1 Å². The lowest BCUT2D eigenvalue weighted by Gasteiger charge is -2.12. The zero-order valence-electron chi connectivity index (χ0n) is 10.9. The van der Waals surface area contributed by atoms with E-state index in [-0.39, 0.29) is 11.0 Å². The molecule has 2 rings (SSSR count). The molecule has 0 radical (unpaired) electrons. The van der Waals surface area contributed by atoms with Crippen LogP contribution in [0, 0.1) is 0 Å². The van der Waals surface area contributed by atoms with Gasteiger partial charge in [0.15, 0.2) is 0 Å². The molecule has 0 spiro atoms. The number of hydrogen-bond donors (Lipinski definition) is 2. The first-order valence-electron chi connectivity index (χ1n) is 6.38. The van der Waals surface area contributed by atoms with Crippen LogP contribution in [-0.2, 0) is 14.8 Å². The highest BCUT2D eigenvalue weighted by Crippen LogP contribution is 2.18. The van der Waals surface area contributed by atoms with Crippen molar-refractivity contribution in [1.29, 1.82) is 0 Å². The number of benzene rings is 1. The summed E-state index contributed by atoms with van der Waals surface area (Å²) in [5.41, 5.74) is 0.583. The van der Waals surface area contributed by atoms with E-state index in [1.165, 1.54) is 12.1 Å². The molecule has 0 saturated carbocycles. The van der Waals surface area contributed by atoms with E-state index in [1.54, 1.807) is 19.1 Å². The van der Waals surface area contributed by atoms with E-state index in [1.807, 2.05) is 0 Å². The summed E-state index contributed by atoms with van der Waals surface area (Å²) in [6.07, 6.45) is 1.14. The molecule has 2 unspecified atom stereocenters. The van der Waals surface area contributed by atoms with Crippen molar-refractivity contribution in [3.05, 3.63) is 29.8 Å². The average Bonchev–Trinajstić information content (AvgIpc) is 2.90. The number of nitrogens with one attached hydrogen (secondary N) is 1. The van der Waals surface area contributed by atoms with Crippen molar-refractivity contribution in [2.24, 2.45) is 0 Å². The first-order chi connectivity index (χ1) is 8.99. The van der Waals surface area contributed by atoms with Crippen LogP contribution in [-0.4, -0.2) is 32.8 Å². The molecule has 0 aromatic heterocycles. The SMILES string of the molecule is CC(O)c1cccc(S(=O)(=O)NCC2CCCO2)c1. The molecule has 6 heteroatoms. The molecule has 106 valence electrons. The molecule has 0 bridgehead atoms. The van der Waals surface area contributed by atoms with Crippen molar-refractivity contribution >= 4 is 10.0 Å². The Bertz CT molecular complexity index is 521. The molecular formula is C13H19NO4S. The van der Waals surface area contributed by atoms with Crippen LogP contribution in [0.2, 0.25) is 0 Å². The minimum Gasteiger partial charge on any atom is -0.389 e. The van der Waals surface area contributed by atoms with Crippen LogP contribution in [0.15, 0.2) is 29.2 Å².